The van der Waals surface area contributed by atoms with Crippen molar-refractivity contribution in [3.8, 4) is 5.75 Å². The molecule has 0 radical (unpaired) electrons. The van der Waals surface area contributed by atoms with E-state index in [9.17, 15) is 13.6 Å². The highest BCUT2D eigenvalue weighted by molar-refractivity contribution is 7.22. The Balaban J connectivity index is 2.02. The standard InChI is InChI=1S/C21H23F2N3O2S/c1-4-28-16-10-6-11-17-19(16)24-21(29-17)26(13-7-12-25(2)3)20(27)18-14(22)8-5-9-15(18)23/h5-6,8-11H,4,7,12-13H2,1-3H3. The van der Waals surface area contributed by atoms with Crippen LogP contribution in [0.5, 0.6) is 5.75 Å². The second-order valence-electron chi connectivity index (χ2n) is 6.74. The third-order valence-corrected chi connectivity index (χ3v) is 5.35. The maximum absolute atomic E-state index is 14.3. The van der Waals surface area contributed by atoms with Crippen LogP contribution in [0.3, 0.4) is 0 Å². The van der Waals surface area contributed by atoms with Crippen LogP contribution in [0.2, 0.25) is 0 Å². The van der Waals surface area contributed by atoms with E-state index in [1.165, 1.54) is 22.3 Å². The topological polar surface area (TPSA) is 45.7 Å². The van der Waals surface area contributed by atoms with Gasteiger partial charge in [0.1, 0.15) is 28.5 Å². The Morgan fingerprint density at radius 2 is 1.79 bits per heavy atom. The lowest BCUT2D eigenvalue weighted by atomic mass is 10.1. The molecule has 5 nitrogen and oxygen atoms in total. The highest BCUT2D eigenvalue weighted by Gasteiger charge is 2.27. The number of hydrogen-bond acceptors (Lipinski definition) is 5. The van der Waals surface area contributed by atoms with Gasteiger partial charge in [0, 0.05) is 6.54 Å². The van der Waals surface area contributed by atoms with Crippen molar-refractivity contribution >= 4 is 32.6 Å². The molecular weight excluding hydrogens is 396 g/mol. The molecule has 1 heterocycles. The van der Waals surface area contributed by atoms with Gasteiger partial charge in [-0.3, -0.25) is 9.69 Å². The van der Waals surface area contributed by atoms with E-state index in [0.717, 1.165) is 23.4 Å². The Bertz CT molecular complexity index is 987. The van der Waals surface area contributed by atoms with Gasteiger partial charge in [0.15, 0.2) is 5.13 Å². The Kier molecular flexibility index (Phi) is 6.76. The molecule has 2 aromatic carbocycles. The number of carbonyl (C=O) groups is 1. The molecule has 0 aliphatic heterocycles. The largest absolute Gasteiger partial charge is 0.492 e. The van der Waals surface area contributed by atoms with Crippen molar-refractivity contribution < 1.29 is 18.3 Å². The second-order valence-corrected chi connectivity index (χ2v) is 7.75. The van der Waals surface area contributed by atoms with E-state index in [1.807, 2.05) is 44.1 Å². The van der Waals surface area contributed by atoms with Gasteiger partial charge in [-0.1, -0.05) is 23.5 Å². The first kappa shape index (κ1) is 21.1. The second kappa shape index (κ2) is 9.28. The molecule has 3 rings (SSSR count). The first-order valence-corrected chi connectivity index (χ1v) is 10.2. The number of nitrogens with zero attached hydrogens (tertiary/aromatic N) is 3. The fourth-order valence-corrected chi connectivity index (χ4v) is 3.97. The van der Waals surface area contributed by atoms with E-state index in [0.29, 0.717) is 29.4 Å². The minimum absolute atomic E-state index is 0.286. The average molecular weight is 419 g/mol. The molecule has 1 amide bonds. The number of ether oxygens (including phenoxy) is 1. The predicted molar refractivity (Wildman–Crippen MR) is 112 cm³/mol. The number of para-hydroxylation sites is 1. The quantitative estimate of drug-likeness (QED) is 0.537. The molecule has 0 fully saturated rings. The first-order chi connectivity index (χ1) is 13.9. The SMILES string of the molecule is CCOc1cccc2sc(N(CCCN(C)C)C(=O)c3c(F)cccc3F)nc12. The van der Waals surface area contributed by atoms with Crippen molar-refractivity contribution in [1.82, 2.24) is 9.88 Å². The Morgan fingerprint density at radius 3 is 2.45 bits per heavy atom. The average Bonchev–Trinajstić information content (AvgIpc) is 3.10. The number of halogens is 2. The van der Waals surface area contributed by atoms with E-state index in [2.05, 4.69) is 4.98 Å². The summed E-state index contributed by atoms with van der Waals surface area (Å²) in [5.74, 6) is -1.89. The minimum atomic E-state index is -0.885. The van der Waals surface area contributed by atoms with Gasteiger partial charge in [-0.25, -0.2) is 13.8 Å². The lowest BCUT2D eigenvalue weighted by Gasteiger charge is -2.21. The third kappa shape index (κ3) is 4.71. The van der Waals surface area contributed by atoms with Crippen molar-refractivity contribution in [1.29, 1.82) is 0 Å². The summed E-state index contributed by atoms with van der Waals surface area (Å²) in [5.41, 5.74) is 0.0652. The van der Waals surface area contributed by atoms with Crippen LogP contribution in [-0.2, 0) is 0 Å². The molecule has 1 aromatic heterocycles. The monoisotopic (exact) mass is 419 g/mol. The van der Waals surface area contributed by atoms with Crippen LogP contribution < -0.4 is 9.64 Å². The zero-order valence-corrected chi connectivity index (χ0v) is 17.4. The summed E-state index contributed by atoms with van der Waals surface area (Å²) in [6.07, 6.45) is 0.628. The van der Waals surface area contributed by atoms with Crippen molar-refractivity contribution in [3.05, 3.63) is 53.6 Å². The van der Waals surface area contributed by atoms with E-state index in [-0.39, 0.29) is 6.54 Å². The van der Waals surface area contributed by atoms with Gasteiger partial charge >= 0.3 is 0 Å². The van der Waals surface area contributed by atoms with Crippen molar-refractivity contribution in [3.63, 3.8) is 0 Å². The number of fused-ring (bicyclic) bond motifs is 1. The maximum atomic E-state index is 14.3. The molecule has 29 heavy (non-hydrogen) atoms. The highest BCUT2D eigenvalue weighted by Crippen LogP contribution is 2.35. The third-order valence-electron chi connectivity index (χ3n) is 4.31. The van der Waals surface area contributed by atoms with Crippen LogP contribution in [0, 0.1) is 11.6 Å². The number of rotatable bonds is 8. The Hall–Kier alpha value is -2.58. The summed E-state index contributed by atoms with van der Waals surface area (Å²) in [7, 11) is 3.85. The van der Waals surface area contributed by atoms with Gasteiger partial charge in [0.25, 0.3) is 5.91 Å². The summed E-state index contributed by atoms with van der Waals surface area (Å²) in [6.45, 7) is 3.37. The zero-order valence-electron chi connectivity index (χ0n) is 16.6. The van der Waals surface area contributed by atoms with Gasteiger partial charge in [-0.15, -0.1) is 0 Å². The zero-order chi connectivity index (χ0) is 21.0. The van der Waals surface area contributed by atoms with Gasteiger partial charge < -0.3 is 9.64 Å². The number of benzene rings is 2. The fourth-order valence-electron chi connectivity index (χ4n) is 2.97. The molecule has 0 atom stereocenters. The van der Waals surface area contributed by atoms with Crippen LogP contribution in [0.15, 0.2) is 36.4 Å². The number of anilines is 1. The molecular formula is C21H23F2N3O2S. The predicted octanol–water partition coefficient (Wildman–Crippen LogP) is 4.57. The van der Waals surface area contributed by atoms with Crippen molar-refractivity contribution in [2.75, 3.05) is 38.7 Å². The highest BCUT2D eigenvalue weighted by atomic mass is 32.1. The molecule has 8 heteroatoms. The molecule has 3 aromatic rings. The maximum Gasteiger partial charge on any atom is 0.266 e. The smallest absolute Gasteiger partial charge is 0.266 e. The van der Waals surface area contributed by atoms with Gasteiger partial charge in [0.2, 0.25) is 0 Å². The van der Waals surface area contributed by atoms with Gasteiger partial charge in [-0.05, 0) is 58.3 Å². The molecule has 0 saturated heterocycles. The van der Waals surface area contributed by atoms with Crippen LogP contribution in [-0.4, -0.2) is 49.6 Å². The number of carbonyl (C=O) groups excluding carboxylic acids is 1. The Labute approximate surface area is 172 Å². The molecule has 0 spiro atoms. The van der Waals surface area contributed by atoms with Crippen LogP contribution in [0.1, 0.15) is 23.7 Å². The van der Waals surface area contributed by atoms with Gasteiger partial charge in [0.05, 0.1) is 11.3 Å². The molecule has 0 aliphatic carbocycles. The normalized spacial score (nSPS) is 11.2. The molecule has 0 N–H and O–H groups in total. The number of amides is 1. The summed E-state index contributed by atoms with van der Waals surface area (Å²) in [6, 6.07) is 8.95. The van der Waals surface area contributed by atoms with Crippen LogP contribution in [0.25, 0.3) is 10.2 Å². The van der Waals surface area contributed by atoms with E-state index in [1.54, 1.807) is 0 Å². The molecule has 0 bridgehead atoms. The van der Waals surface area contributed by atoms with Crippen LogP contribution >= 0.6 is 11.3 Å². The van der Waals surface area contributed by atoms with Crippen molar-refractivity contribution in [2.45, 2.75) is 13.3 Å². The molecule has 154 valence electrons. The first-order valence-electron chi connectivity index (χ1n) is 9.35. The summed E-state index contributed by atoms with van der Waals surface area (Å²) < 4.78 is 35.0. The summed E-state index contributed by atoms with van der Waals surface area (Å²) in [5, 5.41) is 0.388. The molecule has 0 aliphatic rings. The van der Waals surface area contributed by atoms with Gasteiger partial charge in [-0.2, -0.15) is 0 Å². The van der Waals surface area contributed by atoms with E-state index in [4.69, 9.17) is 4.74 Å². The molecule has 0 unspecified atom stereocenters. The van der Waals surface area contributed by atoms with Crippen LogP contribution in [0.4, 0.5) is 13.9 Å². The Morgan fingerprint density at radius 1 is 1.10 bits per heavy atom. The van der Waals surface area contributed by atoms with Crippen molar-refractivity contribution in [2.24, 2.45) is 0 Å². The van der Waals surface area contributed by atoms with E-state index < -0.39 is 23.1 Å². The number of thiazole rings is 1. The lowest BCUT2D eigenvalue weighted by molar-refractivity contribution is 0.0978. The number of hydrogen-bond donors (Lipinski definition) is 0. The van der Waals surface area contributed by atoms with E-state index >= 15 is 0 Å². The fraction of sp³-hybridized carbons (Fsp3) is 0.333. The summed E-state index contributed by atoms with van der Waals surface area (Å²) in [4.78, 5) is 21.0. The number of aromatic nitrogens is 1. The lowest BCUT2D eigenvalue weighted by Crippen LogP contribution is -2.34. The summed E-state index contributed by atoms with van der Waals surface area (Å²) >= 11 is 1.29. The minimum Gasteiger partial charge on any atom is -0.492 e. The molecule has 0 saturated carbocycles.